The van der Waals surface area contributed by atoms with Crippen molar-refractivity contribution in [2.24, 2.45) is 0 Å². The van der Waals surface area contributed by atoms with Crippen LogP contribution in [0.4, 0.5) is 27.9 Å². The summed E-state index contributed by atoms with van der Waals surface area (Å²) in [6.45, 7) is 0.527. The Morgan fingerprint density at radius 3 is 2.74 bits per heavy atom. The van der Waals surface area contributed by atoms with Crippen LogP contribution in [-0.2, 0) is 11.3 Å². The molecular formula is C23H23F5N8O2. The third-order valence-corrected chi connectivity index (χ3v) is 6.76. The van der Waals surface area contributed by atoms with Gasteiger partial charge in [0.15, 0.2) is 5.82 Å². The van der Waals surface area contributed by atoms with Gasteiger partial charge in [0.1, 0.15) is 23.6 Å². The van der Waals surface area contributed by atoms with Crippen LogP contribution in [0.5, 0.6) is 5.88 Å². The van der Waals surface area contributed by atoms with Gasteiger partial charge in [-0.2, -0.15) is 4.98 Å². The van der Waals surface area contributed by atoms with Crippen LogP contribution in [0.1, 0.15) is 6.92 Å². The molecule has 5 heterocycles. The molecule has 2 saturated heterocycles. The molecule has 38 heavy (non-hydrogen) atoms. The SMILES string of the molecule is COc1nc(NC2CN(C3COC3)CC2(F)F)nn2cc(F)c(-c3ccc4nnn(CC(C)(F)F)c4c3)c12. The van der Waals surface area contributed by atoms with Crippen molar-refractivity contribution < 1.29 is 31.4 Å². The molecule has 0 bridgehead atoms. The van der Waals surface area contributed by atoms with Crippen LogP contribution in [0.3, 0.4) is 0 Å². The highest BCUT2D eigenvalue weighted by Gasteiger charge is 2.51. The van der Waals surface area contributed by atoms with E-state index in [0.29, 0.717) is 24.3 Å². The smallest absolute Gasteiger partial charge is 0.281 e. The lowest BCUT2D eigenvalue weighted by Crippen LogP contribution is -2.48. The van der Waals surface area contributed by atoms with Gasteiger partial charge in [0.2, 0.25) is 11.8 Å². The minimum Gasteiger partial charge on any atom is -0.479 e. The molecular weight excluding hydrogens is 515 g/mol. The maximum Gasteiger partial charge on any atom is 0.281 e. The topological polar surface area (TPSA) is 94.6 Å². The van der Waals surface area contributed by atoms with Crippen molar-refractivity contribution in [2.75, 3.05) is 38.7 Å². The lowest BCUT2D eigenvalue weighted by atomic mass is 10.1. The molecule has 202 valence electrons. The second kappa shape index (κ2) is 8.73. The molecule has 2 aliphatic rings. The van der Waals surface area contributed by atoms with Gasteiger partial charge in [-0.05, 0) is 17.7 Å². The first-order valence-corrected chi connectivity index (χ1v) is 11.8. The summed E-state index contributed by atoms with van der Waals surface area (Å²) in [6.07, 6.45) is 1.07. The standard InChI is InChI=1S/C23H23F5N8O2/c1-22(25,26)10-36-16-5-12(3-4-15(16)31-33-36)18-14(24)6-35-19(18)20(37-2)30-21(32-35)29-17-7-34(11-23(17,27)28)13-8-38-9-13/h3-6,13,17H,7-11H2,1-2H3,(H,29,32). The second-order valence-electron chi connectivity index (χ2n) is 9.69. The monoisotopic (exact) mass is 538 g/mol. The molecule has 1 unspecified atom stereocenters. The number of alkyl halides is 4. The van der Waals surface area contributed by atoms with E-state index >= 15 is 4.39 Å². The number of aromatic nitrogens is 6. The van der Waals surface area contributed by atoms with Crippen molar-refractivity contribution in [1.82, 2.24) is 34.5 Å². The molecule has 0 saturated carbocycles. The number of nitrogens with zero attached hydrogens (tertiary/aromatic N) is 7. The highest BCUT2D eigenvalue weighted by atomic mass is 19.3. The van der Waals surface area contributed by atoms with Gasteiger partial charge in [0.05, 0.1) is 50.2 Å². The number of methoxy groups -OCH3 is 1. The predicted molar refractivity (Wildman–Crippen MR) is 125 cm³/mol. The van der Waals surface area contributed by atoms with Crippen molar-refractivity contribution in [3.63, 3.8) is 0 Å². The van der Waals surface area contributed by atoms with Gasteiger partial charge in [0.25, 0.3) is 11.8 Å². The number of fused-ring (bicyclic) bond motifs is 2. The number of halogens is 5. The molecule has 15 heteroatoms. The Hall–Kier alpha value is -3.59. The average molecular weight is 538 g/mol. The van der Waals surface area contributed by atoms with Crippen molar-refractivity contribution in [2.45, 2.75) is 37.4 Å². The molecule has 4 aromatic rings. The zero-order valence-electron chi connectivity index (χ0n) is 20.3. The quantitative estimate of drug-likeness (QED) is 0.359. The lowest BCUT2D eigenvalue weighted by Gasteiger charge is -2.34. The van der Waals surface area contributed by atoms with E-state index in [-0.39, 0.29) is 41.0 Å². The first kappa shape index (κ1) is 24.7. The summed E-state index contributed by atoms with van der Waals surface area (Å²) in [4.78, 5) is 5.89. The fourth-order valence-corrected chi connectivity index (χ4v) is 4.83. The van der Waals surface area contributed by atoms with Crippen molar-refractivity contribution in [3.05, 3.63) is 30.2 Å². The minimum absolute atomic E-state index is 0.0497. The number of benzene rings is 1. The van der Waals surface area contributed by atoms with E-state index < -0.39 is 36.8 Å². The highest BCUT2D eigenvalue weighted by Crippen LogP contribution is 2.37. The van der Waals surface area contributed by atoms with Crippen LogP contribution in [0.25, 0.3) is 27.7 Å². The fraction of sp³-hybridized carbons (Fsp3) is 0.478. The van der Waals surface area contributed by atoms with Crippen LogP contribution < -0.4 is 10.1 Å². The van der Waals surface area contributed by atoms with Crippen LogP contribution in [-0.4, -0.2) is 91.8 Å². The van der Waals surface area contributed by atoms with E-state index in [1.807, 2.05) is 0 Å². The first-order chi connectivity index (χ1) is 18.0. The zero-order valence-corrected chi connectivity index (χ0v) is 20.3. The lowest BCUT2D eigenvalue weighted by molar-refractivity contribution is -0.0711. The Kier molecular flexibility index (Phi) is 5.68. The maximum absolute atomic E-state index is 15.3. The number of anilines is 1. The Morgan fingerprint density at radius 2 is 2.05 bits per heavy atom. The zero-order chi connectivity index (χ0) is 26.8. The van der Waals surface area contributed by atoms with Gasteiger partial charge in [-0.3, -0.25) is 4.90 Å². The Morgan fingerprint density at radius 1 is 1.26 bits per heavy atom. The molecule has 2 aliphatic heterocycles. The largest absolute Gasteiger partial charge is 0.479 e. The minimum atomic E-state index is -3.05. The van der Waals surface area contributed by atoms with Crippen LogP contribution in [0.2, 0.25) is 0 Å². The fourth-order valence-electron chi connectivity index (χ4n) is 4.83. The summed E-state index contributed by atoms with van der Waals surface area (Å²) >= 11 is 0. The van der Waals surface area contributed by atoms with Crippen LogP contribution >= 0.6 is 0 Å². The molecule has 1 N–H and O–H groups in total. The maximum atomic E-state index is 15.3. The summed E-state index contributed by atoms with van der Waals surface area (Å²) < 4.78 is 84.7. The second-order valence-corrected chi connectivity index (χ2v) is 9.69. The summed E-state index contributed by atoms with van der Waals surface area (Å²) in [7, 11) is 1.31. The third kappa shape index (κ3) is 4.28. The van der Waals surface area contributed by atoms with E-state index in [4.69, 9.17) is 9.47 Å². The van der Waals surface area contributed by atoms with E-state index in [0.717, 1.165) is 22.3 Å². The molecule has 10 nitrogen and oxygen atoms in total. The van der Waals surface area contributed by atoms with Crippen molar-refractivity contribution >= 4 is 22.5 Å². The van der Waals surface area contributed by atoms with Crippen LogP contribution in [0, 0.1) is 5.82 Å². The molecule has 2 fully saturated rings. The normalized spacial score (nSPS) is 20.3. The number of hydrogen-bond donors (Lipinski definition) is 1. The Balaban J connectivity index is 1.36. The van der Waals surface area contributed by atoms with Gasteiger partial charge in [-0.1, -0.05) is 11.3 Å². The molecule has 1 atom stereocenters. The summed E-state index contributed by atoms with van der Waals surface area (Å²) in [5.41, 5.74) is 1.15. The number of ether oxygens (including phenoxy) is 2. The molecule has 1 aromatic carbocycles. The summed E-state index contributed by atoms with van der Waals surface area (Å²) in [6, 6.07) is 3.27. The van der Waals surface area contributed by atoms with Gasteiger partial charge in [0, 0.05) is 13.5 Å². The first-order valence-electron chi connectivity index (χ1n) is 11.8. The molecule has 0 amide bonds. The third-order valence-electron chi connectivity index (χ3n) is 6.76. The van der Waals surface area contributed by atoms with Crippen molar-refractivity contribution in [3.8, 4) is 17.0 Å². The average Bonchev–Trinajstić information content (AvgIpc) is 3.43. The number of likely N-dealkylation sites (tertiary alicyclic amines) is 1. The highest BCUT2D eigenvalue weighted by molar-refractivity contribution is 5.89. The molecule has 0 radical (unpaired) electrons. The van der Waals surface area contributed by atoms with Gasteiger partial charge < -0.3 is 14.8 Å². The predicted octanol–water partition coefficient (Wildman–Crippen LogP) is 3.07. The van der Waals surface area contributed by atoms with E-state index in [1.165, 1.54) is 19.2 Å². The summed E-state index contributed by atoms with van der Waals surface area (Å²) in [5.74, 6) is -7.00. The van der Waals surface area contributed by atoms with Gasteiger partial charge in [-0.15, -0.1) is 10.2 Å². The molecule has 0 spiro atoms. The van der Waals surface area contributed by atoms with E-state index in [9.17, 15) is 17.6 Å². The van der Waals surface area contributed by atoms with Gasteiger partial charge >= 0.3 is 0 Å². The van der Waals surface area contributed by atoms with E-state index in [2.05, 4.69) is 25.7 Å². The number of rotatable bonds is 7. The van der Waals surface area contributed by atoms with E-state index in [1.54, 1.807) is 11.0 Å². The molecule has 0 aliphatic carbocycles. The van der Waals surface area contributed by atoms with Gasteiger partial charge in [-0.25, -0.2) is 31.1 Å². The number of nitrogens with one attached hydrogen (secondary N) is 1. The van der Waals surface area contributed by atoms with Crippen molar-refractivity contribution in [1.29, 1.82) is 0 Å². The Bertz CT molecular complexity index is 1510. The number of hydrogen-bond acceptors (Lipinski definition) is 8. The molecule has 6 rings (SSSR count). The van der Waals surface area contributed by atoms with Crippen LogP contribution in [0.15, 0.2) is 24.4 Å². The summed E-state index contributed by atoms with van der Waals surface area (Å²) in [5, 5.41) is 14.6. The molecule has 3 aromatic heterocycles. The Labute approximate surface area is 212 Å².